The fourth-order valence-corrected chi connectivity index (χ4v) is 4.95. The quantitative estimate of drug-likeness (QED) is 0.391. The van der Waals surface area contributed by atoms with Crippen LogP contribution in [0.1, 0.15) is 61.1 Å². The highest BCUT2D eigenvalue weighted by Crippen LogP contribution is 2.57. The molecule has 0 atom stereocenters. The van der Waals surface area contributed by atoms with Crippen molar-refractivity contribution in [1.82, 2.24) is 10.3 Å². The Bertz CT molecular complexity index is 1160. The molecule has 1 heterocycles. The standard InChI is InChI=1S/C27H34N4O5/c1-16-4-7-23(20(8-16)24(29)32)36-19-11-27(12-19)9-17(10-27)31-25(33)21(13-28)22-6-5-18(14-30-22)35-15-26(2,3)34/h4-8,13-14,17,19,34H,9-12,15,28H2,1-3H3,(H2,29,32)(H,31,33). The molecule has 2 aromatic rings. The van der Waals surface area contributed by atoms with Gasteiger partial charge in [-0.15, -0.1) is 0 Å². The van der Waals surface area contributed by atoms with Crippen molar-refractivity contribution in [2.45, 2.75) is 64.2 Å². The largest absolute Gasteiger partial charge is 0.490 e. The van der Waals surface area contributed by atoms with Gasteiger partial charge in [0, 0.05) is 12.2 Å². The maximum absolute atomic E-state index is 12.8. The van der Waals surface area contributed by atoms with Gasteiger partial charge in [0.25, 0.3) is 11.8 Å². The van der Waals surface area contributed by atoms with Gasteiger partial charge in [-0.2, -0.15) is 0 Å². The number of nitrogens with two attached hydrogens (primary N) is 2. The number of nitrogens with one attached hydrogen (secondary N) is 1. The summed E-state index contributed by atoms with van der Waals surface area (Å²) in [5.41, 5.74) is 12.5. The molecular formula is C27H34N4O5. The smallest absolute Gasteiger partial charge is 0.255 e. The molecule has 4 rings (SSSR count). The summed E-state index contributed by atoms with van der Waals surface area (Å²) in [4.78, 5) is 28.9. The Labute approximate surface area is 210 Å². The number of hydrogen-bond acceptors (Lipinski definition) is 7. The fourth-order valence-electron chi connectivity index (χ4n) is 4.95. The third kappa shape index (κ3) is 5.79. The summed E-state index contributed by atoms with van der Waals surface area (Å²) in [6.07, 6.45) is 6.27. The maximum atomic E-state index is 12.8. The van der Waals surface area contributed by atoms with Gasteiger partial charge < -0.3 is 31.4 Å². The summed E-state index contributed by atoms with van der Waals surface area (Å²) >= 11 is 0. The number of primary amides is 1. The molecule has 9 nitrogen and oxygen atoms in total. The molecule has 0 radical (unpaired) electrons. The number of amides is 2. The van der Waals surface area contributed by atoms with Crippen molar-refractivity contribution >= 4 is 17.4 Å². The van der Waals surface area contributed by atoms with E-state index in [1.54, 1.807) is 38.1 Å². The van der Waals surface area contributed by atoms with Crippen molar-refractivity contribution in [3.63, 3.8) is 0 Å². The van der Waals surface area contributed by atoms with Gasteiger partial charge in [0.15, 0.2) is 0 Å². The Kier molecular flexibility index (Phi) is 6.95. The van der Waals surface area contributed by atoms with E-state index in [9.17, 15) is 14.7 Å². The number of pyridine rings is 1. The summed E-state index contributed by atoms with van der Waals surface area (Å²) in [5.74, 6) is 0.254. The van der Waals surface area contributed by atoms with E-state index >= 15 is 0 Å². The first-order chi connectivity index (χ1) is 17.0. The van der Waals surface area contributed by atoms with Crippen LogP contribution >= 0.6 is 0 Å². The van der Waals surface area contributed by atoms with E-state index < -0.39 is 11.5 Å². The first kappa shape index (κ1) is 25.5. The zero-order valence-corrected chi connectivity index (χ0v) is 20.9. The molecule has 2 amide bonds. The van der Waals surface area contributed by atoms with Crippen LogP contribution in [-0.2, 0) is 4.79 Å². The van der Waals surface area contributed by atoms with Crippen LogP contribution in [0, 0.1) is 12.3 Å². The number of aromatic nitrogens is 1. The first-order valence-electron chi connectivity index (χ1n) is 12.1. The molecule has 2 aliphatic carbocycles. The topological polar surface area (TPSA) is 150 Å². The lowest BCUT2D eigenvalue weighted by Gasteiger charge is -2.57. The Morgan fingerprint density at radius 3 is 2.53 bits per heavy atom. The average molecular weight is 495 g/mol. The monoisotopic (exact) mass is 494 g/mol. The molecule has 0 unspecified atom stereocenters. The van der Waals surface area contributed by atoms with E-state index in [0.29, 0.717) is 22.8 Å². The second kappa shape index (κ2) is 9.81. The van der Waals surface area contributed by atoms with Crippen molar-refractivity contribution in [2.24, 2.45) is 16.9 Å². The Hall–Kier alpha value is -3.59. The van der Waals surface area contributed by atoms with Gasteiger partial charge in [-0.25, -0.2) is 0 Å². The number of aliphatic hydroxyl groups is 1. The van der Waals surface area contributed by atoms with Crippen LogP contribution in [-0.4, -0.2) is 46.3 Å². The molecule has 0 saturated heterocycles. The molecule has 2 aliphatic rings. The second-order valence-corrected chi connectivity index (χ2v) is 10.7. The van der Waals surface area contributed by atoms with Crippen LogP contribution in [0.15, 0.2) is 42.7 Å². The van der Waals surface area contributed by atoms with Crippen molar-refractivity contribution in [3.8, 4) is 11.5 Å². The van der Waals surface area contributed by atoms with E-state index in [2.05, 4.69) is 10.3 Å². The van der Waals surface area contributed by atoms with Gasteiger partial charge >= 0.3 is 0 Å². The summed E-state index contributed by atoms with van der Waals surface area (Å²) in [6.45, 7) is 5.34. The lowest BCUT2D eigenvalue weighted by atomic mass is 9.53. The minimum Gasteiger partial charge on any atom is -0.490 e. The normalized spacial score (nSPS) is 23.4. The summed E-state index contributed by atoms with van der Waals surface area (Å²) < 4.78 is 11.6. The third-order valence-corrected chi connectivity index (χ3v) is 6.73. The van der Waals surface area contributed by atoms with Gasteiger partial charge in [0.1, 0.15) is 18.1 Å². The highest BCUT2D eigenvalue weighted by atomic mass is 16.5. The number of carbonyl (C=O) groups excluding carboxylic acids is 2. The molecular weight excluding hydrogens is 460 g/mol. The zero-order chi connectivity index (χ0) is 26.1. The van der Waals surface area contributed by atoms with Crippen molar-refractivity contribution in [2.75, 3.05) is 6.61 Å². The number of benzene rings is 1. The van der Waals surface area contributed by atoms with E-state index in [1.165, 1.54) is 12.4 Å². The number of hydrogen-bond donors (Lipinski definition) is 4. The highest BCUT2D eigenvalue weighted by molar-refractivity contribution is 6.18. The van der Waals surface area contributed by atoms with Gasteiger partial charge in [0.2, 0.25) is 0 Å². The van der Waals surface area contributed by atoms with Crippen LogP contribution in [0.5, 0.6) is 11.5 Å². The molecule has 1 aromatic carbocycles. The van der Waals surface area contributed by atoms with E-state index in [4.69, 9.17) is 20.9 Å². The van der Waals surface area contributed by atoms with Crippen molar-refractivity contribution < 1.29 is 24.2 Å². The third-order valence-electron chi connectivity index (χ3n) is 6.73. The van der Waals surface area contributed by atoms with E-state index in [1.807, 2.05) is 13.0 Å². The van der Waals surface area contributed by atoms with Crippen LogP contribution in [0.2, 0.25) is 0 Å². The number of rotatable bonds is 9. The lowest BCUT2D eigenvalue weighted by Crippen LogP contribution is -2.58. The molecule has 1 spiro atoms. The predicted octanol–water partition coefficient (Wildman–Crippen LogP) is 2.44. The molecule has 9 heteroatoms. The minimum atomic E-state index is -0.958. The highest BCUT2D eigenvalue weighted by Gasteiger charge is 2.54. The van der Waals surface area contributed by atoms with Gasteiger partial charge in [-0.1, -0.05) is 11.6 Å². The second-order valence-electron chi connectivity index (χ2n) is 10.7. The molecule has 1 aromatic heterocycles. The number of aryl methyl sites for hydroxylation is 1. The van der Waals surface area contributed by atoms with Crippen molar-refractivity contribution in [3.05, 3.63) is 59.5 Å². The van der Waals surface area contributed by atoms with Gasteiger partial charge in [-0.3, -0.25) is 14.6 Å². The van der Waals surface area contributed by atoms with Gasteiger partial charge in [0.05, 0.1) is 34.7 Å². The summed E-state index contributed by atoms with van der Waals surface area (Å²) in [7, 11) is 0. The SMILES string of the molecule is Cc1ccc(OC2CC3(CC(NC(=O)C(=CN)c4ccc(OCC(C)(C)O)cn4)C3)C2)c(C(N)=O)c1. The number of carbonyl (C=O) groups is 2. The minimum absolute atomic E-state index is 0.0308. The van der Waals surface area contributed by atoms with Crippen LogP contribution < -0.4 is 26.3 Å². The molecule has 0 aliphatic heterocycles. The molecule has 2 fully saturated rings. The zero-order valence-electron chi connectivity index (χ0n) is 20.9. The van der Waals surface area contributed by atoms with E-state index in [-0.39, 0.29) is 35.6 Å². The maximum Gasteiger partial charge on any atom is 0.255 e. The molecule has 2 saturated carbocycles. The van der Waals surface area contributed by atoms with Crippen LogP contribution in [0.3, 0.4) is 0 Å². The average Bonchev–Trinajstić information content (AvgIpc) is 2.76. The predicted molar refractivity (Wildman–Crippen MR) is 135 cm³/mol. The Morgan fingerprint density at radius 1 is 1.22 bits per heavy atom. The fraction of sp³-hybridized carbons (Fsp3) is 0.444. The van der Waals surface area contributed by atoms with Crippen LogP contribution in [0.4, 0.5) is 0 Å². The number of nitrogens with zero attached hydrogens (tertiary/aromatic N) is 1. The van der Waals surface area contributed by atoms with E-state index in [0.717, 1.165) is 31.2 Å². The molecule has 192 valence electrons. The Morgan fingerprint density at radius 2 is 1.94 bits per heavy atom. The summed E-state index contributed by atoms with van der Waals surface area (Å²) in [6, 6.07) is 8.86. The number of ether oxygens (including phenoxy) is 2. The first-order valence-corrected chi connectivity index (χ1v) is 12.1. The van der Waals surface area contributed by atoms with Gasteiger partial charge in [-0.05, 0) is 76.1 Å². The molecule has 36 heavy (non-hydrogen) atoms. The van der Waals surface area contributed by atoms with Crippen molar-refractivity contribution in [1.29, 1.82) is 0 Å². The lowest BCUT2D eigenvalue weighted by molar-refractivity contribution is -0.122. The van der Waals surface area contributed by atoms with Crippen LogP contribution in [0.25, 0.3) is 5.57 Å². The molecule has 6 N–H and O–H groups in total. The Balaban J connectivity index is 1.25. The molecule has 0 bridgehead atoms. The summed E-state index contributed by atoms with van der Waals surface area (Å²) in [5, 5.41) is 12.8.